The average molecular weight is 407 g/mol. The highest BCUT2D eigenvalue weighted by Gasteiger charge is 2.67. The van der Waals surface area contributed by atoms with E-state index in [1.54, 1.807) is 6.08 Å². The molecule has 0 amide bonds. The lowest BCUT2D eigenvalue weighted by molar-refractivity contribution is -0.125. The fourth-order valence-electron chi connectivity index (χ4n) is 5.25. The molecule has 6 heteroatoms. The van der Waals surface area contributed by atoms with Gasteiger partial charge in [-0.3, -0.25) is 9.35 Å². The first-order valence-electron chi connectivity index (χ1n) is 9.66. The summed E-state index contributed by atoms with van der Waals surface area (Å²) in [7, 11) is -4.29. The van der Waals surface area contributed by atoms with E-state index in [1.807, 2.05) is 53.7 Å². The number of allylic oxidation sites excluding steroid dienone is 1. The van der Waals surface area contributed by atoms with Gasteiger partial charge < -0.3 is 5.11 Å². The zero-order valence-electron chi connectivity index (χ0n) is 17.5. The van der Waals surface area contributed by atoms with E-state index in [4.69, 9.17) is 0 Å². The minimum Gasteiger partial charge on any atom is -0.507 e. The molecule has 2 bridgehead atoms. The van der Waals surface area contributed by atoms with Crippen molar-refractivity contribution < 1.29 is 22.9 Å². The van der Waals surface area contributed by atoms with Gasteiger partial charge in [-0.05, 0) is 54.2 Å². The molecule has 3 rings (SSSR count). The lowest BCUT2D eigenvalue weighted by atomic mass is 9.70. The van der Waals surface area contributed by atoms with Gasteiger partial charge in [0.1, 0.15) is 5.75 Å². The van der Waals surface area contributed by atoms with Crippen LogP contribution in [0.1, 0.15) is 64.2 Å². The van der Waals surface area contributed by atoms with Crippen LogP contribution in [0.25, 0.3) is 6.08 Å². The molecule has 2 aliphatic carbocycles. The van der Waals surface area contributed by atoms with Crippen molar-refractivity contribution in [3.05, 3.63) is 34.4 Å². The number of Topliss-reactive ketones (excluding diaryl/α,β-unsaturated/α-hetero) is 1. The molecular formula is C22H30O5S. The Kier molecular flexibility index (Phi) is 4.64. The van der Waals surface area contributed by atoms with E-state index in [0.29, 0.717) is 24.0 Å². The van der Waals surface area contributed by atoms with Crippen LogP contribution >= 0.6 is 0 Å². The molecular weight excluding hydrogens is 376 g/mol. The largest absolute Gasteiger partial charge is 0.507 e. The summed E-state index contributed by atoms with van der Waals surface area (Å²) in [4.78, 5) is 13.3. The fraction of sp³-hybridized carbons (Fsp3) is 0.591. The summed E-state index contributed by atoms with van der Waals surface area (Å²) in [5.74, 6) is -0.709. The van der Waals surface area contributed by atoms with Crippen molar-refractivity contribution in [2.24, 2.45) is 16.7 Å². The van der Waals surface area contributed by atoms with E-state index in [0.717, 1.165) is 11.1 Å². The van der Waals surface area contributed by atoms with Gasteiger partial charge in [-0.25, -0.2) is 0 Å². The summed E-state index contributed by atoms with van der Waals surface area (Å²) >= 11 is 0. The summed E-state index contributed by atoms with van der Waals surface area (Å²) in [6.07, 6.45) is 2.88. The van der Waals surface area contributed by atoms with E-state index in [2.05, 4.69) is 0 Å². The van der Waals surface area contributed by atoms with Crippen molar-refractivity contribution in [3.63, 3.8) is 0 Å². The number of hydrogen-bond acceptors (Lipinski definition) is 4. The zero-order chi connectivity index (χ0) is 21.3. The number of phenolic OH excluding ortho intramolecular Hbond substituents is 1. The Morgan fingerprint density at radius 1 is 1.25 bits per heavy atom. The Bertz CT molecular complexity index is 979. The number of fused-ring (bicyclic) bond motifs is 2. The molecule has 2 unspecified atom stereocenters. The van der Waals surface area contributed by atoms with Gasteiger partial charge in [0.25, 0.3) is 10.1 Å². The van der Waals surface area contributed by atoms with Crippen LogP contribution in [-0.2, 0) is 20.3 Å². The van der Waals surface area contributed by atoms with E-state index in [1.165, 1.54) is 0 Å². The van der Waals surface area contributed by atoms with E-state index < -0.39 is 26.7 Å². The number of aryl methyl sites for hydroxylation is 1. The van der Waals surface area contributed by atoms with Crippen LogP contribution in [0.4, 0.5) is 0 Å². The molecule has 0 saturated heterocycles. The van der Waals surface area contributed by atoms with Crippen molar-refractivity contribution in [2.45, 2.75) is 59.8 Å². The van der Waals surface area contributed by atoms with Gasteiger partial charge >= 0.3 is 0 Å². The molecule has 154 valence electrons. The summed E-state index contributed by atoms with van der Waals surface area (Å²) in [5.41, 5.74) is 0.993. The summed E-state index contributed by atoms with van der Waals surface area (Å²) in [6.45, 7) is 11.8. The minimum atomic E-state index is -4.29. The number of benzene rings is 1. The molecule has 2 fully saturated rings. The van der Waals surface area contributed by atoms with Crippen molar-refractivity contribution in [1.29, 1.82) is 0 Å². The lowest BCUT2D eigenvalue weighted by Crippen LogP contribution is -2.42. The van der Waals surface area contributed by atoms with Crippen molar-refractivity contribution in [2.75, 3.05) is 5.75 Å². The van der Waals surface area contributed by atoms with Gasteiger partial charge in [0.2, 0.25) is 0 Å². The lowest BCUT2D eigenvalue weighted by Gasteiger charge is -2.34. The summed E-state index contributed by atoms with van der Waals surface area (Å²) in [6, 6.07) is 3.79. The third-order valence-electron chi connectivity index (χ3n) is 6.87. The fourth-order valence-corrected chi connectivity index (χ4v) is 6.52. The van der Waals surface area contributed by atoms with Gasteiger partial charge in [-0.15, -0.1) is 0 Å². The SMILES string of the molecule is Cc1cc(/C=C2/C(=O)C3(CS(=O)(=O)O)CCC2C3(C)C)c(O)c(C(C)(C)C)c1. The number of hydrogen-bond donors (Lipinski definition) is 2. The number of rotatable bonds is 3. The highest BCUT2D eigenvalue weighted by molar-refractivity contribution is 7.85. The predicted octanol–water partition coefficient (Wildman–Crippen LogP) is 4.27. The molecule has 2 N–H and O–H groups in total. The first-order valence-corrected chi connectivity index (χ1v) is 11.3. The number of aromatic hydroxyl groups is 1. The van der Waals surface area contributed by atoms with Crippen molar-refractivity contribution in [1.82, 2.24) is 0 Å². The van der Waals surface area contributed by atoms with Gasteiger partial charge in [0, 0.05) is 16.7 Å². The zero-order valence-corrected chi connectivity index (χ0v) is 18.3. The standard InChI is InChI=1S/C22H30O5S/c1-13-9-14(18(23)17(10-13)20(2,3)4)11-15-16-7-8-22(19(15)24,21(16,5)6)12-28(25,26)27/h9-11,16,23H,7-8,12H2,1-6H3,(H,25,26,27)/b15-11+. The van der Waals surface area contributed by atoms with Crippen molar-refractivity contribution in [3.8, 4) is 5.75 Å². The molecule has 0 aromatic heterocycles. The molecule has 0 spiro atoms. The van der Waals surface area contributed by atoms with Crippen LogP contribution in [-0.4, -0.2) is 29.6 Å². The van der Waals surface area contributed by atoms with Gasteiger partial charge in [-0.2, -0.15) is 8.42 Å². The predicted molar refractivity (Wildman–Crippen MR) is 110 cm³/mol. The van der Waals surface area contributed by atoms with E-state index in [-0.39, 0.29) is 22.9 Å². The maximum absolute atomic E-state index is 13.3. The quantitative estimate of drug-likeness (QED) is 0.578. The average Bonchev–Trinajstić information content (AvgIpc) is 2.82. The van der Waals surface area contributed by atoms with Gasteiger partial charge in [-0.1, -0.05) is 40.7 Å². The molecule has 2 aliphatic rings. The molecule has 0 heterocycles. The number of phenols is 1. The molecule has 0 radical (unpaired) electrons. The van der Waals surface area contributed by atoms with Crippen LogP contribution in [0, 0.1) is 23.7 Å². The van der Waals surface area contributed by atoms with Crippen LogP contribution in [0.2, 0.25) is 0 Å². The van der Waals surface area contributed by atoms with Crippen molar-refractivity contribution >= 4 is 22.0 Å². The Balaban J connectivity index is 2.16. The number of carbonyl (C=O) groups is 1. The maximum atomic E-state index is 13.3. The van der Waals surface area contributed by atoms with Gasteiger partial charge in [0.05, 0.1) is 11.2 Å². The smallest absolute Gasteiger partial charge is 0.265 e. The third kappa shape index (κ3) is 3.11. The highest BCUT2D eigenvalue weighted by Crippen LogP contribution is 2.66. The molecule has 2 saturated carbocycles. The van der Waals surface area contributed by atoms with Crippen LogP contribution < -0.4 is 0 Å². The number of carbonyl (C=O) groups excluding carboxylic acids is 1. The minimum absolute atomic E-state index is 0.0975. The monoisotopic (exact) mass is 406 g/mol. The highest BCUT2D eigenvalue weighted by atomic mass is 32.2. The second kappa shape index (κ2) is 6.17. The van der Waals surface area contributed by atoms with Crippen LogP contribution in [0.3, 0.4) is 0 Å². The topological polar surface area (TPSA) is 91.7 Å². The first kappa shape index (κ1) is 21.1. The third-order valence-corrected chi connectivity index (χ3v) is 7.73. The second-order valence-corrected chi connectivity index (χ2v) is 11.5. The Labute approximate surface area is 167 Å². The Morgan fingerprint density at radius 2 is 1.86 bits per heavy atom. The Hall–Kier alpha value is -1.66. The Morgan fingerprint density at radius 3 is 2.39 bits per heavy atom. The van der Waals surface area contributed by atoms with Gasteiger partial charge in [0.15, 0.2) is 5.78 Å². The maximum Gasteiger partial charge on any atom is 0.265 e. The molecule has 1 aromatic carbocycles. The molecule has 1 aromatic rings. The molecule has 5 nitrogen and oxygen atoms in total. The number of ketones is 1. The molecule has 28 heavy (non-hydrogen) atoms. The second-order valence-electron chi connectivity index (χ2n) is 10.1. The van der Waals surface area contributed by atoms with E-state index in [9.17, 15) is 22.9 Å². The summed E-state index contributed by atoms with van der Waals surface area (Å²) < 4.78 is 32.8. The van der Waals surface area contributed by atoms with Crippen LogP contribution in [0.15, 0.2) is 17.7 Å². The first-order chi connectivity index (χ1) is 12.6. The molecule has 2 atom stereocenters. The normalized spacial score (nSPS) is 28.3. The molecule has 0 aliphatic heterocycles. The summed E-state index contributed by atoms with van der Waals surface area (Å²) in [5, 5.41) is 10.9. The van der Waals surface area contributed by atoms with E-state index >= 15 is 0 Å². The van der Waals surface area contributed by atoms with Crippen LogP contribution in [0.5, 0.6) is 5.75 Å².